The molecule has 1 saturated carbocycles. The number of aromatic nitrogens is 2. The fraction of sp³-hybridized carbons (Fsp3) is 0.200. The number of pyridine rings is 1. The van der Waals surface area contributed by atoms with Crippen LogP contribution in [0.25, 0.3) is 10.9 Å². The zero-order chi connectivity index (χ0) is 20.7. The minimum absolute atomic E-state index is 0.318. The molecular weight excluding hydrogens is 396 g/mol. The van der Waals surface area contributed by atoms with Gasteiger partial charge in [0.1, 0.15) is 0 Å². The van der Waals surface area contributed by atoms with E-state index in [0.717, 1.165) is 52.0 Å². The van der Waals surface area contributed by atoms with Crippen molar-refractivity contribution in [1.29, 1.82) is 0 Å². The highest BCUT2D eigenvalue weighted by Gasteiger charge is 2.25. The Balaban J connectivity index is 1.42. The molecule has 5 heteroatoms. The van der Waals surface area contributed by atoms with Crippen molar-refractivity contribution in [3.05, 3.63) is 100.0 Å². The second kappa shape index (κ2) is 7.62. The summed E-state index contributed by atoms with van der Waals surface area (Å²) >= 11 is 6.11. The van der Waals surface area contributed by atoms with Crippen LogP contribution < -0.4 is 0 Å². The van der Waals surface area contributed by atoms with Crippen molar-refractivity contribution < 1.29 is 9.90 Å². The van der Waals surface area contributed by atoms with E-state index in [0.29, 0.717) is 23.6 Å². The van der Waals surface area contributed by atoms with E-state index in [1.54, 1.807) is 0 Å². The van der Waals surface area contributed by atoms with Crippen molar-refractivity contribution in [2.24, 2.45) is 0 Å². The van der Waals surface area contributed by atoms with Gasteiger partial charge in [0.25, 0.3) is 0 Å². The van der Waals surface area contributed by atoms with Crippen LogP contribution in [0.5, 0.6) is 0 Å². The number of hydrogen-bond donors (Lipinski definition) is 1. The van der Waals surface area contributed by atoms with Gasteiger partial charge in [0, 0.05) is 35.9 Å². The van der Waals surface area contributed by atoms with Crippen LogP contribution in [0.15, 0.2) is 67.0 Å². The maximum atomic E-state index is 11.8. The Hall–Kier alpha value is -3.11. The maximum absolute atomic E-state index is 11.8. The Morgan fingerprint density at radius 3 is 2.73 bits per heavy atom. The van der Waals surface area contributed by atoms with Gasteiger partial charge in [-0.15, -0.1) is 0 Å². The lowest BCUT2D eigenvalue weighted by molar-refractivity contribution is 0.0695. The first-order chi connectivity index (χ1) is 14.6. The van der Waals surface area contributed by atoms with Crippen LogP contribution in [0.4, 0.5) is 0 Å². The number of hydrogen-bond acceptors (Lipinski definition) is 2. The number of carboxylic acid groups (broad SMARTS) is 1. The third-order valence-electron chi connectivity index (χ3n) is 5.72. The molecule has 1 N–H and O–H groups in total. The third-order valence-corrected chi connectivity index (χ3v) is 5.95. The first-order valence-corrected chi connectivity index (χ1v) is 10.5. The first kappa shape index (κ1) is 18.9. The molecule has 2 aromatic heterocycles. The van der Waals surface area contributed by atoms with Gasteiger partial charge in [0.05, 0.1) is 11.3 Å². The molecule has 2 aromatic carbocycles. The smallest absolute Gasteiger partial charge is 0.337 e. The summed E-state index contributed by atoms with van der Waals surface area (Å²) in [5, 5.41) is 11.5. The Morgan fingerprint density at radius 1 is 1.10 bits per heavy atom. The minimum atomic E-state index is -0.909. The molecule has 0 amide bonds. The number of aromatic carboxylic acids is 1. The fourth-order valence-electron chi connectivity index (χ4n) is 4.00. The van der Waals surface area contributed by atoms with E-state index in [-0.39, 0.29) is 0 Å². The van der Waals surface area contributed by atoms with Crippen LogP contribution in [0, 0.1) is 0 Å². The molecule has 150 valence electrons. The molecular formula is C25H21ClN2O2. The zero-order valence-corrected chi connectivity index (χ0v) is 17.1. The molecule has 0 bridgehead atoms. The maximum Gasteiger partial charge on any atom is 0.337 e. The van der Waals surface area contributed by atoms with Crippen LogP contribution in [-0.4, -0.2) is 20.6 Å². The molecule has 4 nitrogen and oxygen atoms in total. The second-order valence-corrected chi connectivity index (χ2v) is 8.42. The van der Waals surface area contributed by atoms with Gasteiger partial charge in [-0.3, -0.25) is 4.98 Å². The third kappa shape index (κ3) is 3.83. The monoisotopic (exact) mass is 416 g/mol. The highest BCUT2D eigenvalue weighted by molar-refractivity contribution is 6.30. The average molecular weight is 417 g/mol. The lowest BCUT2D eigenvalue weighted by atomic mass is 10.0. The van der Waals surface area contributed by atoms with Gasteiger partial charge < -0.3 is 9.67 Å². The first-order valence-electron chi connectivity index (χ1n) is 10.1. The van der Waals surface area contributed by atoms with E-state index < -0.39 is 5.97 Å². The molecule has 0 spiro atoms. The van der Waals surface area contributed by atoms with Gasteiger partial charge in [-0.1, -0.05) is 29.8 Å². The van der Waals surface area contributed by atoms with Crippen molar-refractivity contribution in [2.45, 2.75) is 31.7 Å². The summed E-state index contributed by atoms with van der Waals surface area (Å²) in [4.78, 5) is 16.3. The summed E-state index contributed by atoms with van der Waals surface area (Å²) in [6.45, 7) is 0.747. The van der Waals surface area contributed by atoms with Crippen molar-refractivity contribution in [2.75, 3.05) is 0 Å². The molecule has 0 unspecified atom stereocenters. The predicted molar refractivity (Wildman–Crippen MR) is 118 cm³/mol. The van der Waals surface area contributed by atoms with Crippen molar-refractivity contribution >= 4 is 28.5 Å². The molecule has 30 heavy (non-hydrogen) atoms. The summed E-state index contributed by atoms with van der Waals surface area (Å²) in [5.41, 5.74) is 5.31. The van der Waals surface area contributed by atoms with Crippen LogP contribution in [0.2, 0.25) is 5.02 Å². The molecule has 1 aliphatic rings. The van der Waals surface area contributed by atoms with Gasteiger partial charge in [0.15, 0.2) is 0 Å². The molecule has 0 aliphatic heterocycles. The summed E-state index contributed by atoms with van der Waals surface area (Å²) in [5.74, 6) is -0.422. The van der Waals surface area contributed by atoms with Gasteiger partial charge in [-0.25, -0.2) is 4.79 Å². The molecule has 2 heterocycles. The Morgan fingerprint density at radius 2 is 1.97 bits per heavy atom. The summed E-state index contributed by atoms with van der Waals surface area (Å²) in [6.07, 6.45) is 6.67. The van der Waals surface area contributed by atoms with Crippen molar-refractivity contribution in [3.8, 4) is 0 Å². The van der Waals surface area contributed by atoms with E-state index in [9.17, 15) is 9.90 Å². The van der Waals surface area contributed by atoms with Crippen LogP contribution >= 0.6 is 11.6 Å². The van der Waals surface area contributed by atoms with Gasteiger partial charge in [-0.2, -0.15) is 0 Å². The Bertz CT molecular complexity index is 1260. The highest BCUT2D eigenvalue weighted by atomic mass is 35.5. The Kier molecular flexibility index (Phi) is 4.80. The quantitative estimate of drug-likeness (QED) is 0.425. The lowest BCUT2D eigenvalue weighted by Crippen LogP contribution is -2.07. The number of halogens is 1. The van der Waals surface area contributed by atoms with Crippen LogP contribution in [0.3, 0.4) is 0 Å². The molecule has 1 aliphatic carbocycles. The molecule has 0 saturated heterocycles. The van der Waals surface area contributed by atoms with Gasteiger partial charge in [0.2, 0.25) is 0 Å². The number of carboxylic acids is 1. The zero-order valence-electron chi connectivity index (χ0n) is 16.4. The minimum Gasteiger partial charge on any atom is -0.478 e. The fourth-order valence-corrected chi connectivity index (χ4v) is 4.21. The molecule has 1 fully saturated rings. The molecule has 0 atom stereocenters. The normalized spacial score (nSPS) is 13.6. The van der Waals surface area contributed by atoms with Crippen LogP contribution in [0.1, 0.15) is 51.5 Å². The summed E-state index contributed by atoms with van der Waals surface area (Å²) in [6, 6.07) is 18.0. The molecule has 0 radical (unpaired) electrons. The van der Waals surface area contributed by atoms with E-state index >= 15 is 0 Å². The number of rotatable bonds is 6. The summed E-state index contributed by atoms with van der Waals surface area (Å²) < 4.78 is 2.19. The average Bonchev–Trinajstić information content (AvgIpc) is 3.50. The van der Waals surface area contributed by atoms with E-state index in [1.807, 2.05) is 30.5 Å². The van der Waals surface area contributed by atoms with Crippen molar-refractivity contribution in [3.63, 3.8) is 0 Å². The van der Waals surface area contributed by atoms with E-state index in [4.69, 9.17) is 11.6 Å². The number of carbonyl (C=O) groups is 1. The highest BCUT2D eigenvalue weighted by Crippen LogP contribution is 2.40. The van der Waals surface area contributed by atoms with Gasteiger partial charge >= 0.3 is 5.97 Å². The topological polar surface area (TPSA) is 55.1 Å². The van der Waals surface area contributed by atoms with E-state index in [2.05, 4.69) is 46.1 Å². The van der Waals surface area contributed by atoms with Crippen molar-refractivity contribution in [1.82, 2.24) is 9.55 Å². The molecule has 5 rings (SSSR count). The summed E-state index contributed by atoms with van der Waals surface area (Å²) in [7, 11) is 0. The second-order valence-electron chi connectivity index (χ2n) is 7.99. The van der Waals surface area contributed by atoms with Crippen LogP contribution in [-0.2, 0) is 13.0 Å². The van der Waals surface area contributed by atoms with E-state index in [1.165, 1.54) is 0 Å². The van der Waals surface area contributed by atoms with Gasteiger partial charge in [-0.05, 0) is 77.2 Å². The predicted octanol–water partition coefficient (Wildman–Crippen LogP) is 5.90. The standard InChI is InChI=1S/C25H21ClN2O2/c26-21-3-1-2-17(11-21)15-28-9-8-19-10-16(4-7-24(19)28)12-23-22(25(29)30)13-20(14-27-23)18-5-6-18/h1-4,7-11,13-14,18H,5-6,12,15H2,(H,29,30). The SMILES string of the molecule is O=C(O)c1cc(C2CC2)cnc1Cc1ccc2c(ccn2Cc2cccc(Cl)c2)c1. The molecule has 4 aromatic rings. The number of nitrogens with zero attached hydrogens (tertiary/aromatic N) is 2. The Labute approximate surface area is 179 Å². The number of fused-ring (bicyclic) bond motifs is 1. The largest absolute Gasteiger partial charge is 0.478 e. The lowest BCUT2D eigenvalue weighted by Gasteiger charge is -2.09. The number of benzene rings is 2.